The molecule has 1 amide bonds. The van der Waals surface area contributed by atoms with Crippen LogP contribution >= 0.6 is 0 Å². The first-order chi connectivity index (χ1) is 9.17. The lowest BCUT2D eigenvalue weighted by Crippen LogP contribution is -2.16. The smallest absolute Gasteiger partial charge is 0.226 e. The number of oxime groups is 1. The van der Waals surface area contributed by atoms with Crippen LogP contribution in [0, 0.1) is 0 Å². The molecule has 1 aromatic rings. The molecule has 0 saturated heterocycles. The third-order valence-electron chi connectivity index (χ3n) is 2.37. The van der Waals surface area contributed by atoms with Gasteiger partial charge in [-0.2, -0.15) is 0 Å². The fourth-order valence-corrected chi connectivity index (χ4v) is 1.45. The molecule has 0 fully saturated rings. The molecule has 1 rings (SSSR count). The maximum absolute atomic E-state index is 11.6. The van der Waals surface area contributed by atoms with Gasteiger partial charge in [-0.25, -0.2) is 0 Å². The summed E-state index contributed by atoms with van der Waals surface area (Å²) < 4.78 is 5.24. The molecule has 0 atom stereocenters. The van der Waals surface area contributed by atoms with Gasteiger partial charge in [-0.15, -0.1) is 0 Å². The summed E-state index contributed by atoms with van der Waals surface area (Å²) in [4.78, 5) is 11.6. The van der Waals surface area contributed by atoms with Gasteiger partial charge >= 0.3 is 0 Å². The van der Waals surface area contributed by atoms with E-state index in [2.05, 4.69) is 10.5 Å². The number of benzene rings is 1. The normalized spacial score (nSPS) is 11.3. The Balaban J connectivity index is 2.50. The van der Waals surface area contributed by atoms with Crippen molar-refractivity contribution in [1.29, 1.82) is 0 Å². The number of rotatable bonds is 7. The minimum absolute atomic E-state index is 0.00220. The topological polar surface area (TPSA) is 96.9 Å². The molecule has 0 heterocycles. The zero-order chi connectivity index (χ0) is 14.1. The Hall–Kier alpha value is -2.08. The third kappa shape index (κ3) is 5.39. The van der Waals surface area contributed by atoms with Gasteiger partial charge in [0, 0.05) is 17.9 Å². The highest BCUT2D eigenvalue weighted by atomic mass is 16.5. The van der Waals surface area contributed by atoms with E-state index in [0.29, 0.717) is 30.9 Å². The number of anilines is 1. The Labute approximate surface area is 112 Å². The molecule has 0 radical (unpaired) electrons. The number of carbonyl (C=O) groups excluding carboxylic acids is 1. The highest BCUT2D eigenvalue weighted by Crippen LogP contribution is 2.10. The van der Waals surface area contributed by atoms with Crippen molar-refractivity contribution < 1.29 is 14.7 Å². The highest BCUT2D eigenvalue weighted by molar-refractivity contribution is 5.99. The molecule has 0 aliphatic carbocycles. The third-order valence-corrected chi connectivity index (χ3v) is 2.37. The van der Waals surface area contributed by atoms with Gasteiger partial charge in [-0.1, -0.05) is 24.2 Å². The van der Waals surface area contributed by atoms with Crippen LogP contribution in [0.3, 0.4) is 0 Å². The Morgan fingerprint density at radius 2 is 2.26 bits per heavy atom. The van der Waals surface area contributed by atoms with E-state index in [0.717, 1.165) is 6.42 Å². The van der Waals surface area contributed by atoms with Crippen LogP contribution in [0.2, 0.25) is 0 Å². The molecular formula is C13H19N3O3. The number of hydrogen-bond acceptors (Lipinski definition) is 4. The summed E-state index contributed by atoms with van der Waals surface area (Å²) in [7, 11) is 0. The fourth-order valence-electron chi connectivity index (χ4n) is 1.45. The van der Waals surface area contributed by atoms with Crippen molar-refractivity contribution in [2.75, 3.05) is 18.5 Å². The number of hydrogen-bond donors (Lipinski definition) is 3. The Bertz CT molecular complexity index is 447. The number of amidine groups is 1. The average Bonchev–Trinajstić information content (AvgIpc) is 2.43. The van der Waals surface area contributed by atoms with Crippen LogP contribution < -0.4 is 11.1 Å². The Morgan fingerprint density at radius 3 is 2.95 bits per heavy atom. The average molecular weight is 265 g/mol. The summed E-state index contributed by atoms with van der Waals surface area (Å²) in [6, 6.07) is 6.78. The molecule has 0 aromatic heterocycles. The van der Waals surface area contributed by atoms with Crippen LogP contribution in [0.25, 0.3) is 0 Å². The highest BCUT2D eigenvalue weighted by Gasteiger charge is 2.04. The molecule has 0 aliphatic heterocycles. The van der Waals surface area contributed by atoms with E-state index in [-0.39, 0.29) is 11.7 Å². The molecule has 0 bridgehead atoms. The van der Waals surface area contributed by atoms with Crippen molar-refractivity contribution >= 4 is 17.4 Å². The van der Waals surface area contributed by atoms with Crippen LogP contribution in [0.1, 0.15) is 25.3 Å². The summed E-state index contributed by atoms with van der Waals surface area (Å²) in [5.41, 5.74) is 6.62. The second-order valence-electron chi connectivity index (χ2n) is 3.98. The van der Waals surface area contributed by atoms with Crippen molar-refractivity contribution in [1.82, 2.24) is 0 Å². The maximum Gasteiger partial charge on any atom is 0.226 e. The number of nitrogens with two attached hydrogens (primary N) is 1. The van der Waals surface area contributed by atoms with Crippen molar-refractivity contribution in [2.24, 2.45) is 10.9 Å². The van der Waals surface area contributed by atoms with Crippen molar-refractivity contribution in [2.45, 2.75) is 19.8 Å². The lowest BCUT2D eigenvalue weighted by Gasteiger charge is -2.07. The predicted molar refractivity (Wildman–Crippen MR) is 73.3 cm³/mol. The number of amides is 1. The van der Waals surface area contributed by atoms with Crippen LogP contribution in [-0.4, -0.2) is 30.2 Å². The minimum atomic E-state index is -0.132. The van der Waals surface area contributed by atoms with E-state index in [9.17, 15) is 4.79 Å². The van der Waals surface area contributed by atoms with Gasteiger partial charge in [0.05, 0.1) is 13.0 Å². The molecule has 1 aromatic carbocycles. The van der Waals surface area contributed by atoms with E-state index >= 15 is 0 Å². The lowest BCUT2D eigenvalue weighted by atomic mass is 10.2. The first-order valence-corrected chi connectivity index (χ1v) is 6.13. The molecule has 4 N–H and O–H groups in total. The molecule has 6 nitrogen and oxygen atoms in total. The monoisotopic (exact) mass is 265 g/mol. The number of carbonyl (C=O) groups is 1. The second-order valence-corrected chi connectivity index (χ2v) is 3.98. The first-order valence-electron chi connectivity index (χ1n) is 6.13. The predicted octanol–water partition coefficient (Wildman–Crippen LogP) is 1.54. The first kappa shape index (κ1) is 15.0. The van der Waals surface area contributed by atoms with E-state index in [4.69, 9.17) is 15.7 Å². The quantitative estimate of drug-likeness (QED) is 0.229. The zero-order valence-electron chi connectivity index (χ0n) is 10.9. The minimum Gasteiger partial charge on any atom is -0.409 e. The molecule has 6 heteroatoms. The summed E-state index contributed by atoms with van der Waals surface area (Å²) >= 11 is 0. The van der Waals surface area contributed by atoms with Crippen molar-refractivity contribution in [3.63, 3.8) is 0 Å². The van der Waals surface area contributed by atoms with E-state index in [1.807, 2.05) is 6.92 Å². The van der Waals surface area contributed by atoms with E-state index in [1.54, 1.807) is 24.3 Å². The number of nitrogens with one attached hydrogen (secondary N) is 1. The van der Waals surface area contributed by atoms with Crippen molar-refractivity contribution in [3.8, 4) is 0 Å². The van der Waals surface area contributed by atoms with E-state index < -0.39 is 0 Å². The maximum atomic E-state index is 11.6. The Morgan fingerprint density at radius 1 is 1.47 bits per heavy atom. The molecule has 19 heavy (non-hydrogen) atoms. The zero-order valence-corrected chi connectivity index (χ0v) is 10.9. The molecular weight excluding hydrogens is 246 g/mol. The van der Waals surface area contributed by atoms with Gasteiger partial charge in [-0.05, 0) is 18.6 Å². The van der Waals surface area contributed by atoms with Crippen LogP contribution in [0.5, 0.6) is 0 Å². The van der Waals surface area contributed by atoms with Gasteiger partial charge in [-0.3, -0.25) is 4.79 Å². The summed E-state index contributed by atoms with van der Waals surface area (Å²) in [6.45, 7) is 3.07. The number of nitrogens with zero attached hydrogens (tertiary/aromatic N) is 1. The number of ether oxygens (including phenoxy) is 1. The molecule has 0 saturated carbocycles. The van der Waals surface area contributed by atoms with Crippen LogP contribution in [0.15, 0.2) is 29.4 Å². The molecule has 104 valence electrons. The molecule has 0 unspecified atom stereocenters. The van der Waals surface area contributed by atoms with Gasteiger partial charge in [0.15, 0.2) is 5.84 Å². The fraction of sp³-hybridized carbons (Fsp3) is 0.385. The summed E-state index contributed by atoms with van der Waals surface area (Å²) in [5, 5.41) is 14.2. The van der Waals surface area contributed by atoms with Crippen molar-refractivity contribution in [3.05, 3.63) is 29.8 Å². The summed E-state index contributed by atoms with van der Waals surface area (Å²) in [5.74, 6) is -0.130. The van der Waals surface area contributed by atoms with E-state index in [1.165, 1.54) is 0 Å². The Kier molecular flexibility index (Phi) is 6.38. The van der Waals surface area contributed by atoms with Gasteiger partial charge in [0.25, 0.3) is 0 Å². The van der Waals surface area contributed by atoms with Gasteiger partial charge in [0.1, 0.15) is 0 Å². The van der Waals surface area contributed by atoms with Gasteiger partial charge in [0.2, 0.25) is 5.91 Å². The standard InChI is InChI=1S/C13H19N3O3/c1-2-7-19-8-6-12(17)15-11-5-3-4-10(9-11)13(14)16-18/h3-5,9,18H,2,6-8H2,1H3,(H2,14,16)(H,15,17). The summed E-state index contributed by atoms with van der Waals surface area (Å²) in [6.07, 6.45) is 1.23. The van der Waals surface area contributed by atoms with Crippen LogP contribution in [0.4, 0.5) is 5.69 Å². The molecule has 0 aliphatic rings. The lowest BCUT2D eigenvalue weighted by molar-refractivity contribution is -0.117. The largest absolute Gasteiger partial charge is 0.409 e. The van der Waals surface area contributed by atoms with Gasteiger partial charge < -0.3 is 21.0 Å². The van der Waals surface area contributed by atoms with Crippen LogP contribution in [-0.2, 0) is 9.53 Å². The molecule has 0 spiro atoms. The second kappa shape index (κ2) is 8.10. The SMILES string of the molecule is CCCOCCC(=O)Nc1cccc(C(N)=NO)c1.